The average molecular weight is 339 g/mol. The normalized spacial score (nSPS) is 14.3. The van der Waals surface area contributed by atoms with Crippen LogP contribution in [0.25, 0.3) is 0 Å². The number of amides is 2. The molecule has 2 heterocycles. The molecule has 1 saturated heterocycles. The maximum atomic E-state index is 12.5. The van der Waals surface area contributed by atoms with Gasteiger partial charge >= 0.3 is 0 Å². The molecule has 0 aliphatic carbocycles. The highest BCUT2D eigenvalue weighted by Crippen LogP contribution is 2.10. The Kier molecular flexibility index (Phi) is 5.23. The van der Waals surface area contributed by atoms with E-state index < -0.39 is 0 Å². The van der Waals surface area contributed by atoms with Crippen LogP contribution in [0, 0.1) is 0 Å². The van der Waals surface area contributed by atoms with Crippen LogP contribution in [-0.4, -0.2) is 71.4 Å². The molecule has 7 nitrogen and oxygen atoms in total. The molecule has 0 saturated carbocycles. The van der Waals surface area contributed by atoms with Crippen molar-refractivity contribution in [2.24, 2.45) is 0 Å². The Balaban J connectivity index is 1.52. The number of hydrogen-bond donors (Lipinski definition) is 0. The lowest BCUT2D eigenvalue weighted by atomic mass is 10.2. The lowest BCUT2D eigenvalue weighted by Crippen LogP contribution is -2.51. The Morgan fingerprint density at radius 2 is 1.64 bits per heavy atom. The summed E-state index contributed by atoms with van der Waals surface area (Å²) in [5, 5.41) is 0. The van der Waals surface area contributed by atoms with E-state index in [1.807, 2.05) is 18.2 Å². The van der Waals surface area contributed by atoms with Crippen molar-refractivity contribution < 1.29 is 9.59 Å². The van der Waals surface area contributed by atoms with Crippen molar-refractivity contribution in [2.75, 3.05) is 44.7 Å². The minimum absolute atomic E-state index is 0.0413. The molecule has 0 atom stereocenters. The number of aromatic nitrogens is 2. The van der Waals surface area contributed by atoms with Gasteiger partial charge in [-0.25, -0.2) is 9.97 Å². The number of rotatable bonds is 4. The molecule has 1 aliphatic rings. The van der Waals surface area contributed by atoms with E-state index in [0.29, 0.717) is 37.7 Å². The first-order valence-corrected chi connectivity index (χ1v) is 8.25. The third kappa shape index (κ3) is 4.12. The number of nitrogens with zero attached hydrogens (tertiary/aromatic N) is 5. The highest BCUT2D eigenvalue weighted by atomic mass is 16.2. The van der Waals surface area contributed by atoms with Crippen LogP contribution < -0.4 is 4.90 Å². The minimum Gasteiger partial charge on any atom is -0.338 e. The molecule has 130 valence electrons. The summed E-state index contributed by atoms with van der Waals surface area (Å²) in [5.74, 6) is 0.497. The van der Waals surface area contributed by atoms with E-state index in [1.165, 1.54) is 4.90 Å². The van der Waals surface area contributed by atoms with Crippen molar-refractivity contribution >= 4 is 17.8 Å². The van der Waals surface area contributed by atoms with Crippen molar-refractivity contribution in [2.45, 2.75) is 0 Å². The molecule has 0 unspecified atom stereocenters. The Labute approximate surface area is 146 Å². The fourth-order valence-electron chi connectivity index (χ4n) is 2.79. The van der Waals surface area contributed by atoms with E-state index in [1.54, 1.807) is 42.5 Å². The largest absolute Gasteiger partial charge is 0.338 e. The maximum absolute atomic E-state index is 12.5. The monoisotopic (exact) mass is 339 g/mol. The summed E-state index contributed by atoms with van der Waals surface area (Å²) in [7, 11) is 1.65. The second-order valence-corrected chi connectivity index (χ2v) is 5.94. The zero-order valence-electron chi connectivity index (χ0n) is 14.2. The number of carbonyl (C=O) groups is 2. The fourth-order valence-corrected chi connectivity index (χ4v) is 2.79. The van der Waals surface area contributed by atoms with Gasteiger partial charge in [-0.1, -0.05) is 18.2 Å². The predicted molar refractivity (Wildman–Crippen MR) is 94.2 cm³/mol. The van der Waals surface area contributed by atoms with Gasteiger partial charge in [0.25, 0.3) is 5.91 Å². The molecule has 1 aromatic carbocycles. The first-order chi connectivity index (χ1) is 12.1. The molecule has 2 aromatic rings. The number of hydrogen-bond acceptors (Lipinski definition) is 5. The highest BCUT2D eigenvalue weighted by Gasteiger charge is 2.24. The van der Waals surface area contributed by atoms with Crippen LogP contribution in [0.5, 0.6) is 0 Å². The van der Waals surface area contributed by atoms with Crippen LogP contribution in [0.1, 0.15) is 10.4 Å². The second-order valence-electron chi connectivity index (χ2n) is 5.94. The van der Waals surface area contributed by atoms with Gasteiger partial charge in [-0.15, -0.1) is 0 Å². The predicted octanol–water partition coefficient (Wildman–Crippen LogP) is 0.897. The van der Waals surface area contributed by atoms with Gasteiger partial charge in [-0.2, -0.15) is 0 Å². The van der Waals surface area contributed by atoms with Crippen molar-refractivity contribution in [3.8, 4) is 0 Å². The number of likely N-dealkylation sites (N-methyl/N-ethyl adjacent to an activating group) is 1. The second kappa shape index (κ2) is 7.74. The Morgan fingerprint density at radius 1 is 1.00 bits per heavy atom. The quantitative estimate of drug-likeness (QED) is 0.828. The molecule has 1 aromatic heterocycles. The van der Waals surface area contributed by atoms with E-state index >= 15 is 0 Å². The van der Waals surface area contributed by atoms with Crippen LogP contribution in [0.3, 0.4) is 0 Å². The molecule has 0 N–H and O–H groups in total. The summed E-state index contributed by atoms with van der Waals surface area (Å²) in [6.07, 6.45) is 3.42. The van der Waals surface area contributed by atoms with E-state index in [2.05, 4.69) is 14.9 Å². The van der Waals surface area contributed by atoms with Crippen molar-refractivity contribution in [3.05, 3.63) is 54.4 Å². The van der Waals surface area contributed by atoms with Crippen molar-refractivity contribution in [3.63, 3.8) is 0 Å². The number of carbonyl (C=O) groups excluding carboxylic acids is 2. The van der Waals surface area contributed by atoms with Gasteiger partial charge in [0.05, 0.1) is 6.54 Å². The average Bonchev–Trinajstić information content (AvgIpc) is 2.68. The minimum atomic E-state index is -0.148. The van der Waals surface area contributed by atoms with Gasteiger partial charge in [0.1, 0.15) is 0 Å². The van der Waals surface area contributed by atoms with Gasteiger partial charge < -0.3 is 14.7 Å². The number of anilines is 1. The van der Waals surface area contributed by atoms with Crippen LogP contribution in [-0.2, 0) is 4.79 Å². The molecule has 2 amide bonds. The smallest absolute Gasteiger partial charge is 0.254 e. The molecule has 1 fully saturated rings. The van der Waals surface area contributed by atoms with Gasteiger partial charge in [0.2, 0.25) is 11.9 Å². The van der Waals surface area contributed by atoms with Gasteiger partial charge in [0.15, 0.2) is 0 Å². The third-order valence-electron chi connectivity index (χ3n) is 4.21. The Bertz CT molecular complexity index is 715. The van der Waals surface area contributed by atoms with E-state index in [9.17, 15) is 9.59 Å². The fraction of sp³-hybridized carbons (Fsp3) is 0.333. The van der Waals surface area contributed by atoms with E-state index in [-0.39, 0.29) is 18.4 Å². The molecular formula is C18H21N5O2. The SMILES string of the molecule is CN(CC(=O)N1CCN(c2ncccn2)CC1)C(=O)c1ccccc1. The summed E-state index contributed by atoms with van der Waals surface area (Å²) in [5.41, 5.74) is 0.587. The Morgan fingerprint density at radius 3 is 2.28 bits per heavy atom. The lowest BCUT2D eigenvalue weighted by Gasteiger charge is -2.35. The summed E-state index contributed by atoms with van der Waals surface area (Å²) < 4.78 is 0. The molecule has 0 radical (unpaired) electrons. The number of piperazine rings is 1. The summed E-state index contributed by atoms with van der Waals surface area (Å²) in [6, 6.07) is 10.8. The molecule has 1 aliphatic heterocycles. The summed E-state index contributed by atoms with van der Waals surface area (Å²) in [4.78, 5) is 38.6. The zero-order valence-corrected chi connectivity index (χ0v) is 14.2. The first kappa shape index (κ1) is 16.9. The van der Waals surface area contributed by atoms with E-state index in [0.717, 1.165) is 0 Å². The zero-order chi connectivity index (χ0) is 17.6. The van der Waals surface area contributed by atoms with Gasteiger partial charge in [-0.05, 0) is 18.2 Å². The lowest BCUT2D eigenvalue weighted by molar-refractivity contribution is -0.131. The molecule has 0 spiro atoms. The van der Waals surface area contributed by atoms with Crippen LogP contribution in [0.15, 0.2) is 48.8 Å². The van der Waals surface area contributed by atoms with Crippen LogP contribution in [0.4, 0.5) is 5.95 Å². The maximum Gasteiger partial charge on any atom is 0.254 e. The molecular weight excluding hydrogens is 318 g/mol. The van der Waals surface area contributed by atoms with Gasteiger partial charge in [0, 0.05) is 51.2 Å². The van der Waals surface area contributed by atoms with Crippen LogP contribution in [0.2, 0.25) is 0 Å². The van der Waals surface area contributed by atoms with Gasteiger partial charge in [-0.3, -0.25) is 9.59 Å². The Hall–Kier alpha value is -2.96. The highest BCUT2D eigenvalue weighted by molar-refractivity contribution is 5.96. The first-order valence-electron chi connectivity index (χ1n) is 8.25. The molecule has 3 rings (SSSR count). The van der Waals surface area contributed by atoms with Crippen molar-refractivity contribution in [1.82, 2.24) is 19.8 Å². The van der Waals surface area contributed by atoms with Crippen molar-refractivity contribution in [1.29, 1.82) is 0 Å². The standard InChI is InChI=1S/C18H21N5O2/c1-21(17(25)15-6-3-2-4-7-15)14-16(24)22-10-12-23(13-11-22)18-19-8-5-9-20-18/h2-9H,10-14H2,1H3. The summed E-state index contributed by atoms with van der Waals surface area (Å²) in [6.45, 7) is 2.66. The topological polar surface area (TPSA) is 69.6 Å². The van der Waals surface area contributed by atoms with E-state index in [4.69, 9.17) is 0 Å². The van der Waals surface area contributed by atoms with Crippen LogP contribution >= 0.6 is 0 Å². The molecule has 25 heavy (non-hydrogen) atoms. The summed E-state index contributed by atoms with van der Waals surface area (Å²) >= 11 is 0. The number of benzene rings is 1. The molecule has 7 heteroatoms. The molecule has 0 bridgehead atoms. The third-order valence-corrected chi connectivity index (χ3v) is 4.21.